The number of aromatic nitrogens is 2. The summed E-state index contributed by atoms with van der Waals surface area (Å²) in [5, 5.41) is 4.08. The van der Waals surface area contributed by atoms with Crippen LogP contribution in [-0.4, -0.2) is 17.3 Å². The Morgan fingerprint density at radius 1 is 1.00 bits per heavy atom. The fourth-order valence-electron chi connectivity index (χ4n) is 2.41. The third kappa shape index (κ3) is 2.30. The zero-order valence-corrected chi connectivity index (χ0v) is 12.8. The lowest BCUT2D eigenvalue weighted by Gasteiger charge is -2.06. The van der Waals surface area contributed by atoms with Crippen LogP contribution in [0.15, 0.2) is 40.9 Å². The lowest BCUT2D eigenvalue weighted by molar-refractivity contribution is 0.410. The molecule has 0 aliphatic carbocycles. The first-order valence-electron chi connectivity index (χ1n) is 6.95. The molecule has 0 aliphatic heterocycles. The Bertz CT molecular complexity index is 825. The highest BCUT2D eigenvalue weighted by atomic mass is 16.5. The number of nitrogens with two attached hydrogens (primary N) is 1. The molecule has 0 spiro atoms. The van der Waals surface area contributed by atoms with Crippen LogP contribution in [0.25, 0.3) is 22.8 Å². The number of methoxy groups -OCH3 is 1. The average Bonchev–Trinajstić information content (AvgIpc) is 2.99. The minimum atomic E-state index is 0.466. The topological polar surface area (TPSA) is 74.2 Å². The molecule has 112 valence electrons. The second-order valence-electron chi connectivity index (χ2n) is 5.08. The molecule has 0 saturated heterocycles. The quantitative estimate of drug-likeness (QED) is 0.747. The van der Waals surface area contributed by atoms with E-state index in [1.165, 1.54) is 0 Å². The van der Waals surface area contributed by atoms with Crippen molar-refractivity contribution in [2.24, 2.45) is 0 Å². The molecule has 0 unspecified atom stereocenters. The summed E-state index contributed by atoms with van der Waals surface area (Å²) in [6, 6.07) is 11.4. The molecular formula is C17H17N3O2. The van der Waals surface area contributed by atoms with Crippen molar-refractivity contribution >= 4 is 5.69 Å². The molecule has 0 amide bonds. The minimum Gasteiger partial charge on any atom is -0.496 e. The Hall–Kier alpha value is -2.82. The number of anilines is 1. The van der Waals surface area contributed by atoms with Gasteiger partial charge < -0.3 is 15.0 Å². The highest BCUT2D eigenvalue weighted by Crippen LogP contribution is 2.31. The van der Waals surface area contributed by atoms with E-state index in [9.17, 15) is 0 Å². The van der Waals surface area contributed by atoms with Gasteiger partial charge in [-0.25, -0.2) is 0 Å². The molecule has 1 heterocycles. The van der Waals surface area contributed by atoms with Crippen molar-refractivity contribution in [3.8, 4) is 28.6 Å². The molecule has 0 atom stereocenters. The van der Waals surface area contributed by atoms with E-state index in [0.717, 1.165) is 28.0 Å². The lowest BCUT2D eigenvalue weighted by Crippen LogP contribution is -1.93. The molecule has 3 rings (SSSR count). The van der Waals surface area contributed by atoms with Crippen LogP contribution in [0.3, 0.4) is 0 Å². The molecule has 2 aromatic carbocycles. The normalized spacial score (nSPS) is 10.7. The Kier molecular flexibility index (Phi) is 3.55. The van der Waals surface area contributed by atoms with Gasteiger partial charge in [0.1, 0.15) is 5.75 Å². The second kappa shape index (κ2) is 5.52. The minimum absolute atomic E-state index is 0.466. The van der Waals surface area contributed by atoms with E-state index in [2.05, 4.69) is 10.1 Å². The summed E-state index contributed by atoms with van der Waals surface area (Å²) < 4.78 is 10.7. The molecular weight excluding hydrogens is 278 g/mol. The zero-order valence-electron chi connectivity index (χ0n) is 12.8. The number of nitrogens with zero attached hydrogens (tertiary/aromatic N) is 2. The fourth-order valence-corrected chi connectivity index (χ4v) is 2.41. The Labute approximate surface area is 128 Å². The second-order valence-corrected chi connectivity index (χ2v) is 5.08. The zero-order chi connectivity index (χ0) is 15.7. The summed E-state index contributed by atoms with van der Waals surface area (Å²) in [6.07, 6.45) is 0. The van der Waals surface area contributed by atoms with Crippen LogP contribution >= 0.6 is 0 Å². The predicted molar refractivity (Wildman–Crippen MR) is 85.6 cm³/mol. The highest BCUT2D eigenvalue weighted by molar-refractivity contribution is 5.70. The van der Waals surface area contributed by atoms with Crippen molar-refractivity contribution in [2.75, 3.05) is 12.8 Å². The maximum Gasteiger partial charge on any atom is 0.258 e. The maximum absolute atomic E-state index is 5.94. The molecule has 0 saturated carbocycles. The number of ether oxygens (including phenoxy) is 1. The first-order chi connectivity index (χ1) is 10.6. The molecule has 0 radical (unpaired) electrons. The SMILES string of the molecule is COc1cccc(-c2nc(-c3cccc(N)c3C)no2)c1C. The van der Waals surface area contributed by atoms with Crippen LogP contribution in [-0.2, 0) is 0 Å². The van der Waals surface area contributed by atoms with Gasteiger partial charge in [0.15, 0.2) is 0 Å². The van der Waals surface area contributed by atoms with E-state index in [4.69, 9.17) is 15.0 Å². The van der Waals surface area contributed by atoms with Gasteiger partial charge in [-0.05, 0) is 37.6 Å². The van der Waals surface area contributed by atoms with Crippen molar-refractivity contribution in [3.63, 3.8) is 0 Å². The number of hydrogen-bond acceptors (Lipinski definition) is 5. The largest absolute Gasteiger partial charge is 0.496 e. The molecule has 0 aliphatic rings. The molecule has 0 bridgehead atoms. The summed E-state index contributed by atoms with van der Waals surface area (Å²) in [7, 11) is 1.64. The van der Waals surface area contributed by atoms with Crippen molar-refractivity contribution < 1.29 is 9.26 Å². The average molecular weight is 295 g/mol. The summed E-state index contributed by atoms with van der Waals surface area (Å²) in [6.45, 7) is 3.90. The van der Waals surface area contributed by atoms with Crippen LogP contribution < -0.4 is 10.5 Å². The van der Waals surface area contributed by atoms with Crippen molar-refractivity contribution in [3.05, 3.63) is 47.5 Å². The Morgan fingerprint density at radius 2 is 1.73 bits per heavy atom. The summed E-state index contributed by atoms with van der Waals surface area (Å²) in [5.41, 5.74) is 10.3. The smallest absolute Gasteiger partial charge is 0.258 e. The van der Waals surface area contributed by atoms with Gasteiger partial charge in [-0.2, -0.15) is 4.98 Å². The summed E-state index contributed by atoms with van der Waals surface area (Å²) in [5.74, 6) is 1.78. The van der Waals surface area contributed by atoms with E-state index in [1.54, 1.807) is 7.11 Å². The Balaban J connectivity index is 2.07. The first-order valence-corrected chi connectivity index (χ1v) is 6.95. The number of nitrogen functional groups attached to an aromatic ring is 1. The molecule has 22 heavy (non-hydrogen) atoms. The molecule has 5 heteroatoms. The fraction of sp³-hybridized carbons (Fsp3) is 0.176. The molecule has 1 aromatic heterocycles. The van der Waals surface area contributed by atoms with Gasteiger partial charge in [0, 0.05) is 22.4 Å². The van der Waals surface area contributed by atoms with E-state index in [-0.39, 0.29) is 0 Å². The van der Waals surface area contributed by atoms with Crippen LogP contribution in [0.1, 0.15) is 11.1 Å². The number of hydrogen-bond donors (Lipinski definition) is 1. The third-order valence-corrected chi connectivity index (χ3v) is 3.78. The summed E-state index contributed by atoms with van der Waals surface area (Å²) >= 11 is 0. The van der Waals surface area contributed by atoms with Crippen molar-refractivity contribution in [2.45, 2.75) is 13.8 Å². The van der Waals surface area contributed by atoms with E-state index in [1.807, 2.05) is 50.2 Å². The highest BCUT2D eigenvalue weighted by Gasteiger charge is 2.16. The molecule has 0 fully saturated rings. The first kappa shape index (κ1) is 14.1. The van der Waals surface area contributed by atoms with Gasteiger partial charge in [-0.15, -0.1) is 0 Å². The van der Waals surface area contributed by atoms with Gasteiger partial charge in [0.05, 0.1) is 7.11 Å². The predicted octanol–water partition coefficient (Wildman–Crippen LogP) is 3.61. The number of benzene rings is 2. The van der Waals surface area contributed by atoms with Crippen LogP contribution in [0, 0.1) is 13.8 Å². The third-order valence-electron chi connectivity index (χ3n) is 3.78. The van der Waals surface area contributed by atoms with Gasteiger partial charge in [-0.1, -0.05) is 23.4 Å². The van der Waals surface area contributed by atoms with Crippen molar-refractivity contribution in [1.29, 1.82) is 0 Å². The Morgan fingerprint density at radius 3 is 2.50 bits per heavy atom. The molecule has 3 aromatic rings. The van der Waals surface area contributed by atoms with Gasteiger partial charge in [0.2, 0.25) is 5.82 Å². The molecule has 5 nitrogen and oxygen atoms in total. The monoisotopic (exact) mass is 295 g/mol. The van der Waals surface area contributed by atoms with Crippen LogP contribution in [0.4, 0.5) is 5.69 Å². The summed E-state index contributed by atoms with van der Waals surface area (Å²) in [4.78, 5) is 4.50. The van der Waals surface area contributed by atoms with Gasteiger partial charge >= 0.3 is 0 Å². The van der Waals surface area contributed by atoms with Crippen LogP contribution in [0.5, 0.6) is 5.75 Å². The van der Waals surface area contributed by atoms with E-state index < -0.39 is 0 Å². The van der Waals surface area contributed by atoms with Gasteiger partial charge in [-0.3, -0.25) is 0 Å². The van der Waals surface area contributed by atoms with Gasteiger partial charge in [0.25, 0.3) is 5.89 Å². The maximum atomic E-state index is 5.94. The lowest BCUT2D eigenvalue weighted by atomic mass is 10.1. The van der Waals surface area contributed by atoms with Crippen LogP contribution in [0.2, 0.25) is 0 Å². The molecule has 2 N–H and O–H groups in total. The number of rotatable bonds is 3. The standard InChI is InChI=1S/C17H17N3O2/c1-10-12(6-4-8-14(10)18)16-19-17(22-20-16)13-7-5-9-15(21-3)11(13)2/h4-9H,18H2,1-3H3. The van der Waals surface area contributed by atoms with E-state index >= 15 is 0 Å². The van der Waals surface area contributed by atoms with E-state index in [0.29, 0.717) is 17.4 Å². The van der Waals surface area contributed by atoms with Crippen molar-refractivity contribution in [1.82, 2.24) is 10.1 Å².